The van der Waals surface area contributed by atoms with Crippen molar-refractivity contribution in [2.75, 3.05) is 19.7 Å². The summed E-state index contributed by atoms with van der Waals surface area (Å²) >= 11 is 3.56. The summed E-state index contributed by atoms with van der Waals surface area (Å²) in [6, 6.07) is 28.1. The van der Waals surface area contributed by atoms with Crippen molar-refractivity contribution in [2.24, 2.45) is 0 Å². The van der Waals surface area contributed by atoms with Crippen molar-refractivity contribution >= 4 is 27.1 Å². The third kappa shape index (κ3) is 4.69. The van der Waals surface area contributed by atoms with Gasteiger partial charge in [0, 0.05) is 30.1 Å². The molecule has 4 rings (SSSR count). The predicted molar refractivity (Wildman–Crippen MR) is 125 cm³/mol. The summed E-state index contributed by atoms with van der Waals surface area (Å²) < 4.78 is 1.07. The van der Waals surface area contributed by atoms with Crippen molar-refractivity contribution in [1.82, 2.24) is 5.32 Å². The molecule has 29 heavy (non-hydrogen) atoms. The van der Waals surface area contributed by atoms with Crippen molar-refractivity contribution in [3.63, 3.8) is 0 Å². The fourth-order valence-electron chi connectivity index (χ4n) is 3.89. The molecule has 2 N–H and O–H groups in total. The molecule has 1 saturated heterocycles. The number of rotatable bonds is 7. The summed E-state index contributed by atoms with van der Waals surface area (Å²) in [6.45, 7) is 2.33. The van der Waals surface area contributed by atoms with Gasteiger partial charge in [-0.3, -0.25) is 0 Å². The van der Waals surface area contributed by atoms with Gasteiger partial charge in [0.1, 0.15) is 0 Å². The average Bonchev–Trinajstić information content (AvgIpc) is 2.72. The van der Waals surface area contributed by atoms with Crippen LogP contribution in [-0.2, 0) is 0 Å². The summed E-state index contributed by atoms with van der Waals surface area (Å²) in [4.78, 5) is 0. The highest BCUT2D eigenvalue weighted by molar-refractivity contribution is 9.10. The number of aliphatic hydroxyl groups is 1. The van der Waals surface area contributed by atoms with E-state index in [9.17, 15) is 5.11 Å². The van der Waals surface area contributed by atoms with Gasteiger partial charge in [0.2, 0.25) is 0 Å². The van der Waals surface area contributed by atoms with Gasteiger partial charge >= 0.3 is 0 Å². The van der Waals surface area contributed by atoms with E-state index >= 15 is 0 Å². The van der Waals surface area contributed by atoms with E-state index in [2.05, 4.69) is 94.0 Å². The molecule has 0 spiro atoms. The van der Waals surface area contributed by atoms with Gasteiger partial charge in [0.25, 0.3) is 0 Å². The fourth-order valence-corrected chi connectivity index (χ4v) is 4.15. The molecule has 1 aliphatic heterocycles. The van der Waals surface area contributed by atoms with Crippen LogP contribution in [0.2, 0.25) is 0 Å². The van der Waals surface area contributed by atoms with Gasteiger partial charge in [-0.2, -0.15) is 0 Å². The summed E-state index contributed by atoms with van der Waals surface area (Å²) in [5, 5.41) is 12.9. The van der Waals surface area contributed by atoms with E-state index in [1.807, 2.05) is 6.07 Å². The van der Waals surface area contributed by atoms with E-state index in [0.717, 1.165) is 30.4 Å². The van der Waals surface area contributed by atoms with E-state index < -0.39 is 0 Å². The molecule has 0 amide bonds. The van der Waals surface area contributed by atoms with Crippen molar-refractivity contribution in [3.8, 4) is 0 Å². The van der Waals surface area contributed by atoms with Crippen LogP contribution in [0.4, 0.5) is 0 Å². The smallest absolute Gasteiger partial charge is 0.0434 e. The first-order chi connectivity index (χ1) is 14.3. The lowest BCUT2D eigenvalue weighted by Gasteiger charge is -2.27. The van der Waals surface area contributed by atoms with Crippen LogP contribution in [-0.4, -0.2) is 24.8 Å². The van der Waals surface area contributed by atoms with Crippen molar-refractivity contribution in [1.29, 1.82) is 0 Å². The normalized spacial score (nSPS) is 15.0. The molecule has 148 valence electrons. The Morgan fingerprint density at radius 3 is 2.00 bits per heavy atom. The lowest BCUT2D eigenvalue weighted by atomic mass is 9.86. The number of hydrogen-bond donors (Lipinski definition) is 2. The molecule has 3 aromatic carbocycles. The molecule has 3 aromatic rings. The van der Waals surface area contributed by atoms with Crippen LogP contribution in [0.15, 0.2) is 83.3 Å². The van der Waals surface area contributed by atoms with Crippen molar-refractivity contribution in [3.05, 3.63) is 106 Å². The van der Waals surface area contributed by atoms with E-state index in [4.69, 9.17) is 0 Å². The molecule has 1 heterocycles. The minimum atomic E-state index is 0.192. The quantitative estimate of drug-likeness (QED) is 0.444. The standard InChI is InChI=1S/C26H26BrNO/c27-24-14-12-22(13-15-24)26(21-10-8-19(9-11-21)23-17-28-18-23)25(7-4-16-29)20-5-2-1-3-6-20/h1-3,5-6,8-15,23,28-29H,4,7,16-18H2. The Balaban J connectivity index is 1.85. The van der Waals surface area contributed by atoms with Crippen LogP contribution in [0.25, 0.3) is 11.1 Å². The van der Waals surface area contributed by atoms with Crippen molar-refractivity contribution < 1.29 is 5.11 Å². The molecule has 0 radical (unpaired) electrons. The van der Waals surface area contributed by atoms with E-state index in [-0.39, 0.29) is 6.61 Å². The van der Waals surface area contributed by atoms with Gasteiger partial charge in [-0.05, 0) is 58.4 Å². The Morgan fingerprint density at radius 2 is 1.45 bits per heavy atom. The highest BCUT2D eigenvalue weighted by Crippen LogP contribution is 2.36. The largest absolute Gasteiger partial charge is 0.396 e. The predicted octanol–water partition coefficient (Wildman–Crippen LogP) is 5.87. The highest BCUT2D eigenvalue weighted by atomic mass is 79.9. The maximum Gasteiger partial charge on any atom is 0.0434 e. The van der Waals surface area contributed by atoms with Gasteiger partial charge in [-0.25, -0.2) is 0 Å². The summed E-state index contributed by atoms with van der Waals surface area (Å²) in [6.07, 6.45) is 1.58. The number of hydrogen-bond acceptors (Lipinski definition) is 2. The molecule has 1 fully saturated rings. The topological polar surface area (TPSA) is 32.3 Å². The Morgan fingerprint density at radius 1 is 0.828 bits per heavy atom. The molecule has 3 heteroatoms. The summed E-state index contributed by atoms with van der Waals surface area (Å²) in [7, 11) is 0. The third-order valence-electron chi connectivity index (χ3n) is 5.59. The minimum absolute atomic E-state index is 0.192. The summed E-state index contributed by atoms with van der Waals surface area (Å²) in [5.41, 5.74) is 7.56. The number of benzene rings is 3. The zero-order chi connectivity index (χ0) is 20.1. The SMILES string of the molecule is OCCCC(=C(c1ccc(Br)cc1)c1ccc(C2CNC2)cc1)c1ccccc1. The number of halogens is 1. The van der Waals surface area contributed by atoms with Crippen LogP contribution in [0.1, 0.15) is 41.0 Å². The Hall–Kier alpha value is -2.20. The van der Waals surface area contributed by atoms with E-state index in [1.165, 1.54) is 33.4 Å². The maximum absolute atomic E-state index is 9.52. The van der Waals surface area contributed by atoms with Crippen LogP contribution in [0, 0.1) is 0 Å². The molecule has 0 saturated carbocycles. The Labute approximate surface area is 181 Å². The van der Waals surface area contributed by atoms with Gasteiger partial charge in [-0.15, -0.1) is 0 Å². The number of allylic oxidation sites excluding steroid dienone is 1. The lowest BCUT2D eigenvalue weighted by Crippen LogP contribution is -2.39. The van der Waals surface area contributed by atoms with Gasteiger partial charge < -0.3 is 10.4 Å². The highest BCUT2D eigenvalue weighted by Gasteiger charge is 2.19. The lowest BCUT2D eigenvalue weighted by molar-refractivity contribution is 0.290. The van der Waals surface area contributed by atoms with Gasteiger partial charge in [0.05, 0.1) is 0 Å². The van der Waals surface area contributed by atoms with E-state index in [1.54, 1.807) is 0 Å². The Kier molecular flexibility index (Phi) is 6.60. The first-order valence-corrected chi connectivity index (χ1v) is 11.0. The fraction of sp³-hybridized carbons (Fsp3) is 0.231. The number of aliphatic hydroxyl groups excluding tert-OH is 1. The second-order valence-electron chi connectivity index (χ2n) is 7.53. The molecule has 2 nitrogen and oxygen atoms in total. The van der Waals surface area contributed by atoms with Crippen LogP contribution in [0.3, 0.4) is 0 Å². The average molecular weight is 448 g/mol. The monoisotopic (exact) mass is 447 g/mol. The molecule has 0 aromatic heterocycles. The van der Waals surface area contributed by atoms with E-state index in [0.29, 0.717) is 5.92 Å². The first kappa shape index (κ1) is 20.1. The third-order valence-corrected chi connectivity index (χ3v) is 6.12. The van der Waals surface area contributed by atoms with Crippen LogP contribution in [0.5, 0.6) is 0 Å². The second kappa shape index (κ2) is 9.53. The zero-order valence-corrected chi connectivity index (χ0v) is 18.0. The van der Waals surface area contributed by atoms with Crippen LogP contribution >= 0.6 is 15.9 Å². The summed E-state index contributed by atoms with van der Waals surface area (Å²) in [5.74, 6) is 0.632. The molecule has 0 unspecified atom stereocenters. The van der Waals surface area contributed by atoms with Gasteiger partial charge in [-0.1, -0.05) is 82.7 Å². The molecular weight excluding hydrogens is 422 g/mol. The zero-order valence-electron chi connectivity index (χ0n) is 16.4. The van der Waals surface area contributed by atoms with Gasteiger partial charge in [0.15, 0.2) is 0 Å². The van der Waals surface area contributed by atoms with Crippen molar-refractivity contribution in [2.45, 2.75) is 18.8 Å². The molecule has 0 atom stereocenters. The molecule has 0 bridgehead atoms. The first-order valence-electron chi connectivity index (χ1n) is 10.2. The minimum Gasteiger partial charge on any atom is -0.396 e. The Bertz CT molecular complexity index is 958. The molecule has 1 aliphatic rings. The second-order valence-corrected chi connectivity index (χ2v) is 8.45. The maximum atomic E-state index is 9.52. The molecule has 0 aliphatic carbocycles. The van der Waals surface area contributed by atoms with Crippen LogP contribution < -0.4 is 5.32 Å². The molecular formula is C26H26BrNO. The number of nitrogens with one attached hydrogen (secondary N) is 1.